The number of thiazole rings is 1. The number of oxime groups is 1. The molecular formula is C44H50ClN5O10S2. The van der Waals surface area contributed by atoms with Crippen molar-refractivity contribution in [2.75, 3.05) is 18.2 Å². The first kappa shape index (κ1) is 46.1. The molecule has 1 saturated carbocycles. The van der Waals surface area contributed by atoms with Gasteiger partial charge in [0.1, 0.15) is 46.9 Å². The highest BCUT2D eigenvalue weighted by molar-refractivity contribution is 8.00. The molecule has 3 aliphatic rings. The number of aromatic nitrogens is 1. The van der Waals surface area contributed by atoms with E-state index in [0.29, 0.717) is 34.4 Å². The standard InChI is InChI=1S/C44H50ClN5O10S2/c1-8-9-28-20-32(28)58-40(54)44(5,6)60-49-33(31-24-62-41(46-31)48-42(55)59-43(2,3)4)36(51)47-34-37(52)50-35(39(53)57-22-27-15-18-30(56-7)19-16-27)29(23-61-38(34)50)17-14-25-10-12-26(21-45)13-11-25/h10-19,24,28,32,34,38H,8-9,20-23H2,1-7H3,(H,47,51)(H,46,48,55)/b17-14+,49-33-/t28?,32?,34-,38+/m1/s1. The Morgan fingerprint density at radius 2 is 1.73 bits per heavy atom. The lowest BCUT2D eigenvalue weighted by molar-refractivity contribution is -0.170. The zero-order chi connectivity index (χ0) is 44.8. The smallest absolute Gasteiger partial charge is 0.413 e. The fourth-order valence-corrected chi connectivity index (χ4v) is 8.55. The number of β-lactam (4-membered cyclic amide) rings is 1. The Morgan fingerprint density at radius 1 is 1.02 bits per heavy atom. The molecule has 18 heteroatoms. The molecule has 3 heterocycles. The number of carbonyl (C=O) groups is 5. The molecule has 3 aromatic rings. The van der Waals surface area contributed by atoms with E-state index in [1.165, 1.54) is 35.9 Å². The van der Waals surface area contributed by atoms with E-state index in [4.69, 9.17) is 35.4 Å². The van der Waals surface area contributed by atoms with Gasteiger partial charge in [-0.1, -0.05) is 67.1 Å². The highest BCUT2D eigenvalue weighted by Crippen LogP contribution is 2.42. The van der Waals surface area contributed by atoms with Gasteiger partial charge < -0.3 is 29.1 Å². The topological polar surface area (TPSA) is 184 Å². The number of carbonyl (C=O) groups excluding carboxylic acids is 5. The van der Waals surface area contributed by atoms with Gasteiger partial charge in [0.05, 0.1) is 7.11 Å². The molecule has 62 heavy (non-hydrogen) atoms. The van der Waals surface area contributed by atoms with Gasteiger partial charge in [0.25, 0.3) is 11.8 Å². The number of anilines is 1. The molecular weight excluding hydrogens is 858 g/mol. The van der Waals surface area contributed by atoms with Crippen LogP contribution in [0.25, 0.3) is 6.08 Å². The average Bonchev–Trinajstić information content (AvgIpc) is 3.81. The van der Waals surface area contributed by atoms with Crippen LogP contribution in [0, 0.1) is 5.92 Å². The van der Waals surface area contributed by atoms with Gasteiger partial charge in [-0.25, -0.2) is 19.4 Å². The predicted octanol–water partition coefficient (Wildman–Crippen LogP) is 7.58. The number of esters is 2. The number of rotatable bonds is 17. The number of amides is 3. The second-order valence-electron chi connectivity index (χ2n) is 16.3. The van der Waals surface area contributed by atoms with Crippen molar-refractivity contribution in [2.45, 2.75) is 102 Å². The fourth-order valence-electron chi connectivity index (χ4n) is 6.37. The molecule has 6 rings (SSSR count). The lowest BCUT2D eigenvalue weighted by Gasteiger charge is -2.49. The van der Waals surface area contributed by atoms with Gasteiger partial charge in [-0.2, -0.15) is 0 Å². The van der Waals surface area contributed by atoms with Gasteiger partial charge in [0, 0.05) is 17.0 Å². The van der Waals surface area contributed by atoms with Crippen molar-refractivity contribution in [3.8, 4) is 5.75 Å². The molecule has 1 aromatic heterocycles. The Kier molecular flexibility index (Phi) is 14.7. The predicted molar refractivity (Wildman–Crippen MR) is 236 cm³/mol. The van der Waals surface area contributed by atoms with Gasteiger partial charge in [-0.3, -0.25) is 19.8 Å². The van der Waals surface area contributed by atoms with E-state index in [2.05, 4.69) is 27.7 Å². The van der Waals surface area contributed by atoms with Crippen molar-refractivity contribution in [2.24, 2.45) is 11.1 Å². The highest BCUT2D eigenvalue weighted by Gasteiger charge is 2.54. The van der Waals surface area contributed by atoms with Crippen LogP contribution in [0.5, 0.6) is 5.75 Å². The second kappa shape index (κ2) is 19.8. The molecule has 3 amide bonds. The number of ether oxygens (including phenoxy) is 4. The van der Waals surface area contributed by atoms with Crippen LogP contribution in [0.2, 0.25) is 0 Å². The number of hydrogen-bond donors (Lipinski definition) is 2. The minimum absolute atomic E-state index is 0.0120. The quantitative estimate of drug-likeness (QED) is 0.0339. The maximum absolute atomic E-state index is 14.2. The minimum atomic E-state index is -1.61. The summed E-state index contributed by atoms with van der Waals surface area (Å²) in [4.78, 5) is 79.2. The molecule has 0 radical (unpaired) electrons. The van der Waals surface area contributed by atoms with E-state index in [9.17, 15) is 24.0 Å². The van der Waals surface area contributed by atoms with E-state index < -0.39 is 52.5 Å². The third-order valence-electron chi connectivity index (χ3n) is 9.82. The number of hydrogen-bond acceptors (Lipinski definition) is 14. The van der Waals surface area contributed by atoms with E-state index in [1.807, 2.05) is 30.3 Å². The fraction of sp³-hybridized carbons (Fsp3) is 0.432. The lowest BCUT2D eigenvalue weighted by atomic mass is 10.0. The summed E-state index contributed by atoms with van der Waals surface area (Å²) in [5.74, 6) is -1.19. The van der Waals surface area contributed by atoms with Crippen LogP contribution < -0.4 is 15.4 Å². The molecule has 15 nitrogen and oxygen atoms in total. The van der Waals surface area contributed by atoms with Crippen molar-refractivity contribution in [3.05, 3.63) is 93.6 Å². The van der Waals surface area contributed by atoms with E-state index >= 15 is 0 Å². The molecule has 2 unspecified atom stereocenters. The van der Waals surface area contributed by atoms with Gasteiger partial charge in [0.15, 0.2) is 10.8 Å². The molecule has 4 atom stereocenters. The summed E-state index contributed by atoms with van der Waals surface area (Å²) in [6, 6.07) is 13.5. The Labute approximate surface area is 373 Å². The van der Waals surface area contributed by atoms with Crippen molar-refractivity contribution in [1.29, 1.82) is 0 Å². The summed E-state index contributed by atoms with van der Waals surface area (Å²) in [7, 11) is 1.56. The van der Waals surface area contributed by atoms with Crippen LogP contribution >= 0.6 is 34.7 Å². The number of alkyl halides is 1. The van der Waals surface area contributed by atoms with Crippen LogP contribution in [0.15, 0.2) is 76.4 Å². The van der Waals surface area contributed by atoms with Crippen molar-refractivity contribution < 1.29 is 47.8 Å². The molecule has 1 saturated heterocycles. The monoisotopic (exact) mass is 907 g/mol. The Balaban J connectivity index is 1.23. The molecule has 330 valence electrons. The average molecular weight is 908 g/mol. The van der Waals surface area contributed by atoms with Crippen LogP contribution in [-0.2, 0) is 50.7 Å². The zero-order valence-corrected chi connectivity index (χ0v) is 37.9. The molecule has 2 aliphatic heterocycles. The first-order chi connectivity index (χ1) is 29.5. The number of fused-ring (bicyclic) bond motifs is 1. The number of allylic oxidation sites excluding steroid dienone is 1. The molecule has 1 aliphatic carbocycles. The number of thioether (sulfide) groups is 1. The van der Waals surface area contributed by atoms with Gasteiger partial charge >= 0.3 is 18.0 Å². The summed E-state index contributed by atoms with van der Waals surface area (Å²) in [5, 5.41) is 10.3. The summed E-state index contributed by atoms with van der Waals surface area (Å²) >= 11 is 8.32. The second-order valence-corrected chi connectivity index (χ2v) is 18.5. The normalized spacial score (nSPS) is 19.9. The number of halogens is 1. The van der Waals surface area contributed by atoms with Crippen LogP contribution in [0.3, 0.4) is 0 Å². The largest absolute Gasteiger partial charge is 0.497 e. The van der Waals surface area contributed by atoms with E-state index in [1.54, 1.807) is 58.2 Å². The molecule has 2 aromatic carbocycles. The number of nitrogens with one attached hydrogen (secondary N) is 2. The summed E-state index contributed by atoms with van der Waals surface area (Å²) in [6.07, 6.45) is 5.30. The Bertz CT molecular complexity index is 2250. The third-order valence-corrected chi connectivity index (χ3v) is 12.2. The van der Waals surface area contributed by atoms with Crippen molar-refractivity contribution in [3.63, 3.8) is 0 Å². The Hall–Kier alpha value is -5.39. The molecule has 0 bridgehead atoms. The lowest BCUT2D eigenvalue weighted by Crippen LogP contribution is -2.71. The number of benzene rings is 2. The number of nitrogens with zero attached hydrogens (tertiary/aromatic N) is 3. The molecule has 2 N–H and O–H groups in total. The van der Waals surface area contributed by atoms with E-state index in [0.717, 1.165) is 41.7 Å². The van der Waals surface area contributed by atoms with Crippen molar-refractivity contribution in [1.82, 2.24) is 15.2 Å². The minimum Gasteiger partial charge on any atom is -0.497 e. The maximum Gasteiger partial charge on any atom is 0.413 e. The first-order valence-corrected chi connectivity index (χ1v) is 22.5. The van der Waals surface area contributed by atoms with Crippen LogP contribution in [-0.4, -0.2) is 87.0 Å². The van der Waals surface area contributed by atoms with E-state index in [-0.39, 0.29) is 34.9 Å². The maximum atomic E-state index is 14.2. The highest BCUT2D eigenvalue weighted by atomic mass is 35.5. The summed E-state index contributed by atoms with van der Waals surface area (Å²) in [5.41, 5.74) is 0.350. The van der Waals surface area contributed by atoms with Gasteiger partial charge in [0.2, 0.25) is 5.60 Å². The Morgan fingerprint density at radius 3 is 2.39 bits per heavy atom. The first-order valence-electron chi connectivity index (χ1n) is 20.0. The van der Waals surface area contributed by atoms with Gasteiger partial charge in [-0.05, 0) is 87.8 Å². The molecule has 0 spiro atoms. The molecule has 2 fully saturated rings. The summed E-state index contributed by atoms with van der Waals surface area (Å²) < 4.78 is 22.0. The third kappa shape index (κ3) is 11.5. The SMILES string of the molecule is CCCC1CC1OC(=O)C(C)(C)O/N=C(\C(=O)N[C@@H]1C(=O)N2C(C(=O)OCc3ccc(OC)cc3)=C(/C=C/c3ccc(CCl)cc3)CS[C@@H]12)c1csc(NC(=O)OC(C)(C)C)n1. The van der Waals surface area contributed by atoms with Crippen LogP contribution in [0.4, 0.5) is 9.93 Å². The van der Waals surface area contributed by atoms with Crippen LogP contribution in [0.1, 0.15) is 83.2 Å². The number of methoxy groups -OCH3 is 1. The van der Waals surface area contributed by atoms with Gasteiger partial charge in [-0.15, -0.1) is 34.7 Å². The summed E-state index contributed by atoms with van der Waals surface area (Å²) in [6.45, 7) is 10.1. The zero-order valence-electron chi connectivity index (χ0n) is 35.5. The van der Waals surface area contributed by atoms with Crippen molar-refractivity contribution >= 4 is 81.5 Å².